The number of rotatable bonds is 4. The summed E-state index contributed by atoms with van der Waals surface area (Å²) in [6.07, 6.45) is 4.91. The van der Waals surface area contributed by atoms with E-state index in [0.29, 0.717) is 12.5 Å². The molecule has 1 aliphatic heterocycles. The highest BCUT2D eigenvalue weighted by atomic mass is 16.3. The van der Waals surface area contributed by atoms with Crippen molar-refractivity contribution < 1.29 is 9.90 Å². The van der Waals surface area contributed by atoms with Gasteiger partial charge >= 0.3 is 0 Å². The van der Waals surface area contributed by atoms with E-state index in [4.69, 9.17) is 0 Å². The molecular weight excluding hydrogens is 276 g/mol. The zero-order valence-corrected chi connectivity index (χ0v) is 13.1. The molecule has 3 rings (SSSR count). The fourth-order valence-corrected chi connectivity index (χ4v) is 3.64. The molecule has 1 unspecified atom stereocenters. The van der Waals surface area contributed by atoms with Gasteiger partial charge in [0.05, 0.1) is 12.6 Å². The Hall–Kier alpha value is -1.39. The number of amides is 1. The monoisotopic (exact) mass is 302 g/mol. The standard InChI is InChI=1S/C18H26N2O2/c21-16-8-10-20(11-9-16)13-18(22)19-12-15-6-3-5-14-4-1-2-7-17(14)15/h1-2,4,7,15-16,21H,3,5-6,8-13H2,(H,19,22). The normalized spacial score (nSPS) is 23.0. The molecule has 0 aromatic heterocycles. The van der Waals surface area contributed by atoms with E-state index in [2.05, 4.69) is 34.5 Å². The Morgan fingerprint density at radius 3 is 2.82 bits per heavy atom. The summed E-state index contributed by atoms with van der Waals surface area (Å²) in [5, 5.41) is 12.6. The molecule has 1 amide bonds. The summed E-state index contributed by atoms with van der Waals surface area (Å²) in [5.74, 6) is 0.566. The lowest BCUT2D eigenvalue weighted by atomic mass is 9.83. The largest absolute Gasteiger partial charge is 0.393 e. The first kappa shape index (κ1) is 15.5. The van der Waals surface area contributed by atoms with E-state index < -0.39 is 0 Å². The first-order valence-corrected chi connectivity index (χ1v) is 8.47. The Morgan fingerprint density at radius 1 is 1.23 bits per heavy atom. The van der Waals surface area contributed by atoms with Crippen LogP contribution in [0.4, 0.5) is 0 Å². The van der Waals surface area contributed by atoms with E-state index in [9.17, 15) is 9.90 Å². The molecule has 4 heteroatoms. The first-order valence-electron chi connectivity index (χ1n) is 8.47. The molecule has 0 spiro atoms. The number of nitrogens with zero attached hydrogens (tertiary/aromatic N) is 1. The first-order chi connectivity index (χ1) is 10.7. The molecule has 4 nitrogen and oxygen atoms in total. The second-order valence-corrected chi connectivity index (χ2v) is 6.60. The highest BCUT2D eigenvalue weighted by molar-refractivity contribution is 5.78. The van der Waals surface area contributed by atoms with Gasteiger partial charge < -0.3 is 10.4 Å². The van der Waals surface area contributed by atoms with Crippen molar-refractivity contribution in [2.75, 3.05) is 26.2 Å². The molecule has 2 aliphatic rings. The van der Waals surface area contributed by atoms with Gasteiger partial charge in [-0.25, -0.2) is 0 Å². The van der Waals surface area contributed by atoms with E-state index in [1.807, 2.05) is 0 Å². The molecule has 0 saturated carbocycles. The van der Waals surface area contributed by atoms with Crippen LogP contribution < -0.4 is 5.32 Å². The molecule has 120 valence electrons. The van der Waals surface area contributed by atoms with E-state index in [-0.39, 0.29) is 12.0 Å². The molecule has 1 atom stereocenters. The predicted octanol–water partition coefficient (Wildman–Crippen LogP) is 1.68. The van der Waals surface area contributed by atoms with Gasteiger partial charge in [0.1, 0.15) is 0 Å². The van der Waals surface area contributed by atoms with Crippen molar-refractivity contribution in [2.45, 2.75) is 44.1 Å². The third-order valence-corrected chi connectivity index (χ3v) is 4.96. The Morgan fingerprint density at radius 2 is 2.00 bits per heavy atom. The van der Waals surface area contributed by atoms with Gasteiger partial charge in [-0.1, -0.05) is 24.3 Å². The third-order valence-electron chi connectivity index (χ3n) is 4.96. The van der Waals surface area contributed by atoms with Crippen LogP contribution in [0.1, 0.15) is 42.7 Å². The van der Waals surface area contributed by atoms with Crippen LogP contribution in [-0.2, 0) is 11.2 Å². The van der Waals surface area contributed by atoms with Crippen LogP contribution in [0.2, 0.25) is 0 Å². The SMILES string of the molecule is O=C(CN1CCC(O)CC1)NCC1CCCc2ccccc21. The fraction of sp³-hybridized carbons (Fsp3) is 0.611. The molecular formula is C18H26N2O2. The summed E-state index contributed by atoms with van der Waals surface area (Å²) in [5.41, 5.74) is 2.85. The van der Waals surface area contributed by atoms with Gasteiger partial charge in [0.2, 0.25) is 5.91 Å². The minimum atomic E-state index is -0.182. The molecule has 0 bridgehead atoms. The number of nitrogens with one attached hydrogen (secondary N) is 1. The lowest BCUT2D eigenvalue weighted by molar-refractivity contribution is -0.122. The minimum absolute atomic E-state index is 0.111. The number of fused-ring (bicyclic) bond motifs is 1. The van der Waals surface area contributed by atoms with Gasteiger partial charge in [-0.2, -0.15) is 0 Å². The van der Waals surface area contributed by atoms with Crippen LogP contribution in [0, 0.1) is 0 Å². The van der Waals surface area contributed by atoms with Crippen molar-refractivity contribution in [2.24, 2.45) is 0 Å². The average Bonchev–Trinajstić information content (AvgIpc) is 2.55. The van der Waals surface area contributed by atoms with Crippen molar-refractivity contribution in [3.05, 3.63) is 35.4 Å². The molecule has 1 fully saturated rings. The van der Waals surface area contributed by atoms with Gasteiger partial charge in [0, 0.05) is 25.6 Å². The van der Waals surface area contributed by atoms with E-state index in [1.54, 1.807) is 0 Å². The summed E-state index contributed by atoms with van der Waals surface area (Å²) >= 11 is 0. The summed E-state index contributed by atoms with van der Waals surface area (Å²) in [7, 11) is 0. The maximum Gasteiger partial charge on any atom is 0.234 e. The number of carbonyl (C=O) groups is 1. The number of hydrogen-bond donors (Lipinski definition) is 2. The summed E-state index contributed by atoms with van der Waals surface area (Å²) in [6.45, 7) is 2.84. The second kappa shape index (κ2) is 7.25. The average molecular weight is 302 g/mol. The number of aliphatic hydroxyl groups is 1. The maximum absolute atomic E-state index is 12.1. The zero-order valence-electron chi connectivity index (χ0n) is 13.1. The number of benzene rings is 1. The van der Waals surface area contributed by atoms with Crippen molar-refractivity contribution in [1.29, 1.82) is 0 Å². The van der Waals surface area contributed by atoms with Gasteiger partial charge in [0.15, 0.2) is 0 Å². The summed E-state index contributed by atoms with van der Waals surface area (Å²) in [6, 6.07) is 8.61. The summed E-state index contributed by atoms with van der Waals surface area (Å²) < 4.78 is 0. The van der Waals surface area contributed by atoms with Crippen molar-refractivity contribution >= 4 is 5.91 Å². The van der Waals surface area contributed by atoms with Crippen molar-refractivity contribution in [1.82, 2.24) is 10.2 Å². The van der Waals surface area contributed by atoms with Crippen molar-refractivity contribution in [3.63, 3.8) is 0 Å². The van der Waals surface area contributed by atoms with Crippen LogP contribution in [0.25, 0.3) is 0 Å². The highest BCUT2D eigenvalue weighted by Crippen LogP contribution is 2.30. The van der Waals surface area contributed by atoms with E-state index in [1.165, 1.54) is 17.5 Å². The minimum Gasteiger partial charge on any atom is -0.393 e. The van der Waals surface area contributed by atoms with E-state index in [0.717, 1.165) is 45.3 Å². The smallest absolute Gasteiger partial charge is 0.234 e. The Kier molecular flexibility index (Phi) is 5.11. The Balaban J connectivity index is 1.48. The van der Waals surface area contributed by atoms with Crippen LogP contribution in [-0.4, -0.2) is 48.2 Å². The van der Waals surface area contributed by atoms with Crippen LogP contribution in [0.5, 0.6) is 0 Å². The quantitative estimate of drug-likeness (QED) is 0.890. The lowest BCUT2D eigenvalue weighted by Gasteiger charge is -2.29. The molecule has 1 heterocycles. The van der Waals surface area contributed by atoms with Crippen LogP contribution in [0.15, 0.2) is 24.3 Å². The summed E-state index contributed by atoms with van der Waals surface area (Å²) in [4.78, 5) is 14.3. The third kappa shape index (κ3) is 3.87. The molecule has 2 N–H and O–H groups in total. The molecule has 0 radical (unpaired) electrons. The number of aryl methyl sites for hydroxylation is 1. The predicted molar refractivity (Wildman–Crippen MR) is 86.8 cm³/mol. The highest BCUT2D eigenvalue weighted by Gasteiger charge is 2.22. The topological polar surface area (TPSA) is 52.6 Å². The van der Waals surface area contributed by atoms with Crippen molar-refractivity contribution in [3.8, 4) is 0 Å². The number of likely N-dealkylation sites (tertiary alicyclic amines) is 1. The molecule has 1 saturated heterocycles. The fourth-order valence-electron chi connectivity index (χ4n) is 3.64. The van der Waals surface area contributed by atoms with Gasteiger partial charge in [-0.15, -0.1) is 0 Å². The van der Waals surface area contributed by atoms with E-state index >= 15 is 0 Å². The number of carbonyl (C=O) groups excluding carboxylic acids is 1. The Labute approximate surface area is 132 Å². The van der Waals surface area contributed by atoms with Crippen LogP contribution in [0.3, 0.4) is 0 Å². The zero-order chi connectivity index (χ0) is 15.4. The molecule has 1 aliphatic carbocycles. The van der Waals surface area contributed by atoms with Crippen LogP contribution >= 0.6 is 0 Å². The second-order valence-electron chi connectivity index (χ2n) is 6.60. The Bertz CT molecular complexity index is 510. The lowest BCUT2D eigenvalue weighted by Crippen LogP contribution is -2.43. The van der Waals surface area contributed by atoms with Gasteiger partial charge in [-0.05, 0) is 43.2 Å². The number of aliphatic hydroxyl groups excluding tert-OH is 1. The van der Waals surface area contributed by atoms with Gasteiger partial charge in [-0.3, -0.25) is 9.69 Å². The van der Waals surface area contributed by atoms with Gasteiger partial charge in [0.25, 0.3) is 0 Å². The molecule has 22 heavy (non-hydrogen) atoms. The number of piperidine rings is 1. The number of hydrogen-bond acceptors (Lipinski definition) is 3. The molecule has 1 aromatic rings. The maximum atomic E-state index is 12.1. The molecule has 1 aromatic carbocycles.